The highest BCUT2D eigenvalue weighted by Gasteiger charge is 2.02. The zero-order valence-corrected chi connectivity index (χ0v) is 13.0. The quantitative estimate of drug-likeness (QED) is 0.526. The first-order valence-corrected chi connectivity index (χ1v) is 8.03. The summed E-state index contributed by atoms with van der Waals surface area (Å²) in [6, 6.07) is 29.1. The third-order valence-corrected chi connectivity index (χ3v) is 3.99. The van der Waals surface area contributed by atoms with Crippen LogP contribution in [0.5, 0.6) is 0 Å². The van der Waals surface area contributed by atoms with Crippen molar-refractivity contribution in [3.8, 4) is 22.3 Å². The van der Waals surface area contributed by atoms with Crippen LogP contribution in [0.15, 0.2) is 72.8 Å². The molecule has 22 heavy (non-hydrogen) atoms. The number of benzene rings is 3. The molecule has 0 fully saturated rings. The van der Waals surface area contributed by atoms with Gasteiger partial charge >= 0.3 is 0 Å². The van der Waals surface area contributed by atoms with Crippen LogP contribution in [0, 0.1) is 6.07 Å². The third-order valence-electron chi connectivity index (χ3n) is 3.99. The van der Waals surface area contributed by atoms with E-state index in [1.54, 1.807) is 0 Å². The molecule has 109 valence electrons. The number of rotatable bonds is 5. The van der Waals surface area contributed by atoms with E-state index in [1.807, 2.05) is 6.07 Å². The van der Waals surface area contributed by atoms with E-state index in [4.69, 9.17) is 0 Å². The predicted molar refractivity (Wildman–Crippen MR) is 94.8 cm³/mol. The lowest BCUT2D eigenvalue weighted by Gasteiger charge is -2.07. The molecule has 0 heterocycles. The van der Waals surface area contributed by atoms with Crippen molar-refractivity contribution >= 4 is 0 Å². The van der Waals surface area contributed by atoms with Gasteiger partial charge in [0.25, 0.3) is 0 Å². The van der Waals surface area contributed by atoms with Crippen molar-refractivity contribution < 1.29 is 0 Å². The molecule has 0 aromatic heterocycles. The fourth-order valence-electron chi connectivity index (χ4n) is 2.68. The van der Waals surface area contributed by atoms with E-state index < -0.39 is 0 Å². The molecule has 0 spiro atoms. The van der Waals surface area contributed by atoms with Gasteiger partial charge in [-0.3, -0.25) is 0 Å². The van der Waals surface area contributed by atoms with Crippen LogP contribution in [0.3, 0.4) is 0 Å². The second-order valence-electron chi connectivity index (χ2n) is 5.66. The molecule has 3 aromatic rings. The lowest BCUT2D eigenvalue weighted by molar-refractivity contribution is 0.795. The Bertz CT molecular complexity index is 709. The van der Waals surface area contributed by atoms with E-state index in [9.17, 15) is 0 Å². The molecule has 0 saturated carbocycles. The molecule has 0 unspecified atom stereocenters. The van der Waals surface area contributed by atoms with E-state index in [1.165, 1.54) is 41.5 Å². The van der Waals surface area contributed by atoms with E-state index in [0.29, 0.717) is 0 Å². The smallest absolute Gasteiger partial charge is 0.00987 e. The molecule has 0 nitrogen and oxygen atoms in total. The summed E-state index contributed by atoms with van der Waals surface area (Å²) in [5.74, 6) is 0. The van der Waals surface area contributed by atoms with Crippen LogP contribution in [-0.4, -0.2) is 0 Å². The molecule has 3 rings (SSSR count). The SMILES string of the molecule is CCCCc1ccc(-c2[c]ccc(-c3ccccc3)c2)cc1. The minimum atomic E-state index is 1.16. The van der Waals surface area contributed by atoms with Crippen LogP contribution in [0.2, 0.25) is 0 Å². The van der Waals surface area contributed by atoms with Crippen molar-refractivity contribution in [2.24, 2.45) is 0 Å². The molecule has 0 bridgehead atoms. The Kier molecular flexibility index (Phi) is 4.70. The Morgan fingerprint density at radius 1 is 0.773 bits per heavy atom. The van der Waals surface area contributed by atoms with Crippen molar-refractivity contribution in [1.82, 2.24) is 0 Å². The maximum absolute atomic E-state index is 3.36. The first-order chi connectivity index (χ1) is 10.9. The molecule has 0 amide bonds. The highest BCUT2D eigenvalue weighted by Crippen LogP contribution is 2.26. The summed E-state index contributed by atoms with van der Waals surface area (Å²) < 4.78 is 0. The summed E-state index contributed by atoms with van der Waals surface area (Å²) in [4.78, 5) is 0. The maximum Gasteiger partial charge on any atom is -0.00987 e. The number of hydrogen-bond donors (Lipinski definition) is 0. The van der Waals surface area contributed by atoms with Gasteiger partial charge < -0.3 is 0 Å². The van der Waals surface area contributed by atoms with Gasteiger partial charge in [0.2, 0.25) is 0 Å². The van der Waals surface area contributed by atoms with Crippen LogP contribution in [-0.2, 0) is 6.42 Å². The average molecular weight is 285 g/mol. The Morgan fingerprint density at radius 2 is 1.55 bits per heavy atom. The molecule has 0 aliphatic heterocycles. The van der Waals surface area contributed by atoms with Gasteiger partial charge in [-0.25, -0.2) is 0 Å². The number of unbranched alkanes of at least 4 members (excludes halogenated alkanes) is 1. The van der Waals surface area contributed by atoms with Crippen LogP contribution < -0.4 is 0 Å². The summed E-state index contributed by atoms with van der Waals surface area (Å²) in [7, 11) is 0. The molecule has 0 heteroatoms. The summed E-state index contributed by atoms with van der Waals surface area (Å²) in [5, 5.41) is 0. The third kappa shape index (κ3) is 3.46. The van der Waals surface area contributed by atoms with Gasteiger partial charge in [-0.05, 0) is 52.8 Å². The minimum Gasteiger partial charge on any atom is -0.0654 e. The van der Waals surface area contributed by atoms with Gasteiger partial charge in [-0.1, -0.05) is 80.1 Å². The monoisotopic (exact) mass is 285 g/mol. The van der Waals surface area contributed by atoms with E-state index in [0.717, 1.165) is 5.56 Å². The summed E-state index contributed by atoms with van der Waals surface area (Å²) in [6.07, 6.45) is 3.67. The second-order valence-corrected chi connectivity index (χ2v) is 5.66. The van der Waals surface area contributed by atoms with E-state index in [2.05, 4.69) is 79.7 Å². The summed E-state index contributed by atoms with van der Waals surface area (Å²) in [6.45, 7) is 2.23. The predicted octanol–water partition coefficient (Wildman–Crippen LogP) is 6.16. The molecule has 0 atom stereocenters. The highest BCUT2D eigenvalue weighted by atomic mass is 14.1. The Balaban J connectivity index is 1.86. The van der Waals surface area contributed by atoms with E-state index >= 15 is 0 Å². The van der Waals surface area contributed by atoms with Crippen molar-refractivity contribution in [2.75, 3.05) is 0 Å². The minimum absolute atomic E-state index is 1.16. The molecule has 3 aromatic carbocycles. The van der Waals surface area contributed by atoms with Gasteiger partial charge in [0, 0.05) is 0 Å². The zero-order chi connectivity index (χ0) is 15.2. The standard InChI is InChI=1S/C22H21/c1-2-3-8-18-13-15-20(16-14-18)22-12-7-11-21(17-22)19-9-5-4-6-10-19/h4-7,9-11,13-17H,2-3,8H2,1H3. The Hall–Kier alpha value is -2.34. The fourth-order valence-corrected chi connectivity index (χ4v) is 2.68. The molecular formula is C22H21. The zero-order valence-electron chi connectivity index (χ0n) is 13.0. The highest BCUT2D eigenvalue weighted by molar-refractivity contribution is 5.72. The average Bonchev–Trinajstić information content (AvgIpc) is 2.61. The normalized spacial score (nSPS) is 10.6. The fraction of sp³-hybridized carbons (Fsp3) is 0.182. The molecule has 0 aliphatic rings. The topological polar surface area (TPSA) is 0 Å². The summed E-state index contributed by atoms with van der Waals surface area (Å²) >= 11 is 0. The van der Waals surface area contributed by atoms with Crippen molar-refractivity contribution in [1.29, 1.82) is 0 Å². The van der Waals surface area contributed by atoms with Crippen molar-refractivity contribution in [3.05, 3.63) is 84.4 Å². The summed E-state index contributed by atoms with van der Waals surface area (Å²) in [5.41, 5.74) is 6.30. The second kappa shape index (κ2) is 7.09. The molecule has 0 aliphatic carbocycles. The van der Waals surface area contributed by atoms with Crippen LogP contribution in [0.1, 0.15) is 25.3 Å². The largest absolute Gasteiger partial charge is 0.0654 e. The lowest BCUT2D eigenvalue weighted by atomic mass is 9.98. The molecule has 1 radical (unpaired) electrons. The van der Waals surface area contributed by atoms with Gasteiger partial charge in [-0.2, -0.15) is 0 Å². The number of aryl methyl sites for hydroxylation is 1. The Labute approximate surface area is 133 Å². The van der Waals surface area contributed by atoms with Gasteiger partial charge in [0.1, 0.15) is 0 Å². The van der Waals surface area contributed by atoms with Gasteiger partial charge in [0.05, 0.1) is 0 Å². The molecular weight excluding hydrogens is 264 g/mol. The maximum atomic E-state index is 3.36. The van der Waals surface area contributed by atoms with Crippen LogP contribution in [0.4, 0.5) is 0 Å². The van der Waals surface area contributed by atoms with Crippen molar-refractivity contribution in [2.45, 2.75) is 26.2 Å². The van der Waals surface area contributed by atoms with Gasteiger partial charge in [-0.15, -0.1) is 0 Å². The molecule has 0 saturated heterocycles. The van der Waals surface area contributed by atoms with Gasteiger partial charge in [0.15, 0.2) is 0 Å². The first kappa shape index (κ1) is 14.6. The lowest BCUT2D eigenvalue weighted by Crippen LogP contribution is -1.86. The van der Waals surface area contributed by atoms with Crippen LogP contribution >= 0.6 is 0 Å². The first-order valence-electron chi connectivity index (χ1n) is 8.03. The van der Waals surface area contributed by atoms with Crippen LogP contribution in [0.25, 0.3) is 22.3 Å². The molecule has 0 N–H and O–H groups in total. The number of hydrogen-bond acceptors (Lipinski definition) is 0. The Morgan fingerprint density at radius 3 is 2.27 bits per heavy atom. The van der Waals surface area contributed by atoms with E-state index in [-0.39, 0.29) is 0 Å². The van der Waals surface area contributed by atoms with Crippen molar-refractivity contribution in [3.63, 3.8) is 0 Å².